The number of morpholine rings is 1. The van der Waals surface area contributed by atoms with Gasteiger partial charge < -0.3 is 10.1 Å². The van der Waals surface area contributed by atoms with Crippen LogP contribution in [0.1, 0.15) is 19.8 Å². The topological polar surface area (TPSA) is 27.7 Å². The first-order valence-electron chi connectivity index (χ1n) is 7.01. The van der Waals surface area contributed by atoms with Crippen molar-refractivity contribution in [3.63, 3.8) is 0 Å². The van der Waals surface area contributed by atoms with Crippen LogP contribution in [0.3, 0.4) is 0 Å². The number of hydrogen-bond acceptors (Lipinski definition) is 4. The second-order valence-electron chi connectivity index (χ2n) is 5.38. The van der Waals surface area contributed by atoms with E-state index in [1.807, 2.05) is 0 Å². The zero-order valence-electron chi connectivity index (χ0n) is 11.3. The van der Waals surface area contributed by atoms with Gasteiger partial charge in [-0.15, -0.1) is 0 Å². The van der Waals surface area contributed by atoms with Crippen molar-refractivity contribution in [1.82, 2.24) is 15.1 Å². The van der Waals surface area contributed by atoms with Crippen LogP contribution in [-0.2, 0) is 4.74 Å². The summed E-state index contributed by atoms with van der Waals surface area (Å²) in [6, 6.07) is 1.36. The third-order valence-corrected chi connectivity index (χ3v) is 4.11. The Morgan fingerprint density at radius 1 is 1.29 bits per heavy atom. The van der Waals surface area contributed by atoms with E-state index in [2.05, 4.69) is 29.1 Å². The molecule has 2 aliphatic rings. The van der Waals surface area contributed by atoms with Gasteiger partial charge in [0.05, 0.1) is 13.2 Å². The summed E-state index contributed by atoms with van der Waals surface area (Å²) in [4.78, 5) is 5.18. The predicted molar refractivity (Wildman–Crippen MR) is 70.4 cm³/mol. The van der Waals surface area contributed by atoms with Crippen molar-refractivity contribution in [2.24, 2.45) is 0 Å². The minimum absolute atomic E-state index is 0.671. The molecule has 0 aromatic heterocycles. The third-order valence-electron chi connectivity index (χ3n) is 4.11. The van der Waals surface area contributed by atoms with Crippen molar-refractivity contribution in [3.8, 4) is 0 Å². The van der Waals surface area contributed by atoms with Crippen molar-refractivity contribution in [2.45, 2.75) is 31.8 Å². The second-order valence-corrected chi connectivity index (χ2v) is 5.38. The van der Waals surface area contributed by atoms with E-state index in [1.165, 1.54) is 32.5 Å². The highest BCUT2D eigenvalue weighted by atomic mass is 16.5. The van der Waals surface area contributed by atoms with Crippen molar-refractivity contribution in [1.29, 1.82) is 0 Å². The minimum atomic E-state index is 0.671. The molecule has 2 unspecified atom stereocenters. The molecule has 2 heterocycles. The van der Waals surface area contributed by atoms with Crippen LogP contribution in [0.4, 0.5) is 0 Å². The fourth-order valence-corrected chi connectivity index (χ4v) is 2.92. The Balaban J connectivity index is 1.75. The molecule has 17 heavy (non-hydrogen) atoms. The monoisotopic (exact) mass is 241 g/mol. The summed E-state index contributed by atoms with van der Waals surface area (Å²) in [6.45, 7) is 10.1. The van der Waals surface area contributed by atoms with Crippen LogP contribution < -0.4 is 5.32 Å². The van der Waals surface area contributed by atoms with E-state index >= 15 is 0 Å². The Morgan fingerprint density at radius 2 is 2.06 bits per heavy atom. The van der Waals surface area contributed by atoms with Gasteiger partial charge in [-0.05, 0) is 33.4 Å². The summed E-state index contributed by atoms with van der Waals surface area (Å²) < 4.78 is 5.40. The maximum Gasteiger partial charge on any atom is 0.0594 e. The van der Waals surface area contributed by atoms with Crippen LogP contribution >= 0.6 is 0 Å². The fraction of sp³-hybridized carbons (Fsp3) is 1.00. The van der Waals surface area contributed by atoms with Crippen molar-refractivity contribution < 1.29 is 4.74 Å². The van der Waals surface area contributed by atoms with Crippen LogP contribution in [0, 0.1) is 0 Å². The molecular weight excluding hydrogens is 214 g/mol. The maximum absolute atomic E-state index is 5.40. The largest absolute Gasteiger partial charge is 0.379 e. The van der Waals surface area contributed by atoms with Crippen LogP contribution in [-0.4, -0.2) is 74.9 Å². The molecule has 100 valence electrons. The smallest absolute Gasteiger partial charge is 0.0594 e. The Morgan fingerprint density at radius 3 is 2.76 bits per heavy atom. The van der Waals surface area contributed by atoms with Gasteiger partial charge in [0.2, 0.25) is 0 Å². The molecule has 0 aromatic carbocycles. The van der Waals surface area contributed by atoms with E-state index in [9.17, 15) is 0 Å². The lowest BCUT2D eigenvalue weighted by atomic mass is 10.0. The molecule has 4 heteroatoms. The molecule has 0 aliphatic carbocycles. The van der Waals surface area contributed by atoms with Gasteiger partial charge >= 0.3 is 0 Å². The minimum Gasteiger partial charge on any atom is -0.379 e. The Labute approximate surface area is 105 Å². The zero-order valence-corrected chi connectivity index (χ0v) is 11.3. The average molecular weight is 241 g/mol. The van der Waals surface area contributed by atoms with E-state index in [1.54, 1.807) is 0 Å². The lowest BCUT2D eigenvalue weighted by Crippen LogP contribution is -2.52. The number of ether oxygens (including phenoxy) is 1. The highest BCUT2D eigenvalue weighted by Crippen LogP contribution is 2.14. The van der Waals surface area contributed by atoms with Gasteiger partial charge in [-0.1, -0.05) is 0 Å². The summed E-state index contributed by atoms with van der Waals surface area (Å²) in [5.74, 6) is 0. The molecule has 2 aliphatic heterocycles. The fourth-order valence-electron chi connectivity index (χ4n) is 2.92. The lowest BCUT2D eigenvalue weighted by Gasteiger charge is -2.39. The lowest BCUT2D eigenvalue weighted by molar-refractivity contribution is 0.0209. The summed E-state index contributed by atoms with van der Waals surface area (Å²) in [5.41, 5.74) is 0. The third kappa shape index (κ3) is 3.91. The standard InChI is InChI=1S/C13H27N3O/c1-12(10-15-6-8-17-9-7-15)16-5-3-4-13(11-16)14-2/h12-14H,3-11H2,1-2H3. The normalized spacial score (nSPS) is 30.4. The number of likely N-dealkylation sites (N-methyl/N-ethyl adjacent to an activating group) is 1. The van der Waals surface area contributed by atoms with Crippen molar-refractivity contribution in [2.75, 3.05) is 53.0 Å². The molecule has 2 saturated heterocycles. The van der Waals surface area contributed by atoms with Gasteiger partial charge in [0.15, 0.2) is 0 Å². The van der Waals surface area contributed by atoms with Crippen molar-refractivity contribution >= 4 is 0 Å². The molecule has 0 bridgehead atoms. The molecule has 4 nitrogen and oxygen atoms in total. The predicted octanol–water partition coefficient (Wildman–Crippen LogP) is 0.391. The average Bonchev–Trinajstić information content (AvgIpc) is 2.40. The summed E-state index contributed by atoms with van der Waals surface area (Å²) >= 11 is 0. The highest BCUT2D eigenvalue weighted by Gasteiger charge is 2.24. The van der Waals surface area contributed by atoms with Gasteiger partial charge in [0.1, 0.15) is 0 Å². The van der Waals surface area contributed by atoms with Crippen LogP contribution in [0.25, 0.3) is 0 Å². The second kappa shape index (κ2) is 6.69. The number of nitrogens with zero attached hydrogens (tertiary/aromatic N) is 2. The molecule has 1 N–H and O–H groups in total. The maximum atomic E-state index is 5.40. The van der Waals surface area contributed by atoms with Gasteiger partial charge in [-0.25, -0.2) is 0 Å². The van der Waals surface area contributed by atoms with E-state index in [0.717, 1.165) is 26.3 Å². The summed E-state index contributed by atoms with van der Waals surface area (Å²) in [5, 5.41) is 3.42. The number of piperidine rings is 1. The highest BCUT2D eigenvalue weighted by molar-refractivity contribution is 4.82. The van der Waals surface area contributed by atoms with Crippen molar-refractivity contribution in [3.05, 3.63) is 0 Å². The van der Waals surface area contributed by atoms with E-state index in [0.29, 0.717) is 12.1 Å². The molecule has 0 spiro atoms. The molecule has 0 saturated carbocycles. The summed E-state index contributed by atoms with van der Waals surface area (Å²) in [7, 11) is 2.08. The molecule has 0 amide bonds. The molecule has 0 radical (unpaired) electrons. The van der Waals surface area contributed by atoms with Crippen LogP contribution in [0.2, 0.25) is 0 Å². The van der Waals surface area contributed by atoms with Crippen LogP contribution in [0.15, 0.2) is 0 Å². The Kier molecular flexibility index (Phi) is 5.22. The first-order chi connectivity index (χ1) is 8.29. The van der Waals surface area contributed by atoms with E-state index in [4.69, 9.17) is 4.74 Å². The molecule has 2 rings (SSSR count). The molecule has 0 aromatic rings. The van der Waals surface area contributed by atoms with Gasteiger partial charge in [-0.2, -0.15) is 0 Å². The number of hydrogen-bond donors (Lipinski definition) is 1. The Bertz CT molecular complexity index is 219. The van der Waals surface area contributed by atoms with Gasteiger partial charge in [0.25, 0.3) is 0 Å². The zero-order chi connectivity index (χ0) is 12.1. The molecule has 2 atom stereocenters. The Hall–Kier alpha value is -0.160. The first kappa shape index (κ1) is 13.3. The number of rotatable bonds is 4. The first-order valence-corrected chi connectivity index (χ1v) is 7.01. The van der Waals surface area contributed by atoms with E-state index < -0.39 is 0 Å². The molecule has 2 fully saturated rings. The summed E-state index contributed by atoms with van der Waals surface area (Å²) in [6.07, 6.45) is 2.66. The van der Waals surface area contributed by atoms with Crippen LogP contribution in [0.5, 0.6) is 0 Å². The molecular formula is C13H27N3O. The number of likely N-dealkylation sites (tertiary alicyclic amines) is 1. The van der Waals surface area contributed by atoms with E-state index in [-0.39, 0.29) is 0 Å². The van der Waals surface area contributed by atoms with Gasteiger partial charge in [0, 0.05) is 38.3 Å². The SMILES string of the molecule is CNC1CCCN(C(C)CN2CCOCC2)C1. The number of nitrogens with one attached hydrogen (secondary N) is 1. The van der Waals surface area contributed by atoms with Gasteiger partial charge in [-0.3, -0.25) is 9.80 Å². The quantitative estimate of drug-likeness (QED) is 0.771.